The van der Waals surface area contributed by atoms with Crippen LogP contribution in [-0.2, 0) is 0 Å². The molecule has 0 spiro atoms. The van der Waals surface area contributed by atoms with Gasteiger partial charge in [0.25, 0.3) is 5.22 Å². The van der Waals surface area contributed by atoms with Gasteiger partial charge in [-0.15, -0.1) is 10.2 Å². The second kappa shape index (κ2) is 8.30. The van der Waals surface area contributed by atoms with Crippen LogP contribution < -0.4 is 14.2 Å². The molecule has 1 heterocycles. The van der Waals surface area contributed by atoms with Gasteiger partial charge in [-0.2, -0.15) is 0 Å². The Hall–Kier alpha value is -2.74. The Kier molecular flexibility index (Phi) is 5.85. The van der Waals surface area contributed by atoms with Crippen LogP contribution in [0.15, 0.2) is 46.0 Å². The maximum Gasteiger partial charge on any atom is 0.277 e. The van der Waals surface area contributed by atoms with Crippen LogP contribution in [-0.4, -0.2) is 31.5 Å². The highest BCUT2D eigenvalue weighted by Crippen LogP contribution is 2.42. The molecule has 1 atom stereocenters. The van der Waals surface area contributed by atoms with Crippen molar-refractivity contribution in [3.63, 3.8) is 0 Å². The van der Waals surface area contributed by atoms with E-state index in [1.807, 2.05) is 6.92 Å². The van der Waals surface area contributed by atoms with Gasteiger partial charge >= 0.3 is 0 Å². The van der Waals surface area contributed by atoms with Crippen molar-refractivity contribution in [2.75, 3.05) is 21.3 Å². The standard InChI is InChI=1S/C19H19FN2O4S/c1-11(12-5-7-14(20)8-6-12)27-19-22-21-18(26-19)13-9-15(23-2)17(25-4)16(10-13)24-3/h5-11H,1-4H3. The average molecular weight is 390 g/mol. The van der Waals surface area contributed by atoms with Gasteiger partial charge in [0.1, 0.15) is 5.82 Å². The first-order chi connectivity index (χ1) is 13.0. The minimum absolute atomic E-state index is 0.0267. The first-order valence-electron chi connectivity index (χ1n) is 8.11. The van der Waals surface area contributed by atoms with Gasteiger partial charge in [0, 0.05) is 10.8 Å². The maximum atomic E-state index is 13.1. The lowest BCUT2D eigenvalue weighted by Gasteiger charge is -2.12. The molecule has 0 N–H and O–H groups in total. The van der Waals surface area contributed by atoms with Crippen LogP contribution in [0.3, 0.4) is 0 Å². The molecule has 27 heavy (non-hydrogen) atoms. The molecule has 3 aromatic rings. The monoisotopic (exact) mass is 390 g/mol. The normalized spacial score (nSPS) is 11.9. The Balaban J connectivity index is 1.84. The van der Waals surface area contributed by atoms with Crippen molar-refractivity contribution < 1.29 is 23.0 Å². The third-order valence-corrected chi connectivity index (χ3v) is 4.93. The molecule has 0 bridgehead atoms. The molecule has 0 aliphatic carbocycles. The van der Waals surface area contributed by atoms with Crippen molar-refractivity contribution in [1.82, 2.24) is 10.2 Å². The first kappa shape index (κ1) is 19.0. The third-order valence-electron chi connectivity index (χ3n) is 3.94. The Bertz CT molecular complexity index is 889. The van der Waals surface area contributed by atoms with Crippen LogP contribution in [0.4, 0.5) is 4.39 Å². The molecule has 1 aromatic heterocycles. The van der Waals surface area contributed by atoms with E-state index in [2.05, 4.69) is 10.2 Å². The van der Waals surface area contributed by atoms with Gasteiger partial charge in [-0.25, -0.2) is 4.39 Å². The van der Waals surface area contributed by atoms with E-state index in [9.17, 15) is 4.39 Å². The SMILES string of the molecule is COc1cc(-c2nnc(SC(C)c3ccc(F)cc3)o2)cc(OC)c1OC. The van der Waals surface area contributed by atoms with Gasteiger partial charge < -0.3 is 18.6 Å². The van der Waals surface area contributed by atoms with Gasteiger partial charge in [-0.3, -0.25) is 0 Å². The lowest BCUT2D eigenvalue weighted by molar-refractivity contribution is 0.324. The Morgan fingerprint density at radius 1 is 0.963 bits per heavy atom. The molecular weight excluding hydrogens is 371 g/mol. The lowest BCUT2D eigenvalue weighted by atomic mass is 10.2. The summed E-state index contributed by atoms with van der Waals surface area (Å²) in [7, 11) is 4.62. The van der Waals surface area contributed by atoms with Gasteiger partial charge in [0.05, 0.1) is 21.3 Å². The molecule has 0 aliphatic rings. The fraction of sp³-hybridized carbons (Fsp3) is 0.263. The molecule has 0 fully saturated rings. The Morgan fingerprint density at radius 3 is 2.15 bits per heavy atom. The van der Waals surface area contributed by atoms with Crippen LogP contribution >= 0.6 is 11.8 Å². The molecular formula is C19H19FN2O4S. The number of thioether (sulfide) groups is 1. The largest absolute Gasteiger partial charge is 0.493 e. The summed E-state index contributed by atoms with van der Waals surface area (Å²) in [5.74, 6) is 1.56. The van der Waals surface area contributed by atoms with Gasteiger partial charge in [0.2, 0.25) is 11.6 Å². The topological polar surface area (TPSA) is 66.6 Å². The molecule has 0 saturated heterocycles. The van der Waals surface area contributed by atoms with E-state index in [-0.39, 0.29) is 11.1 Å². The van der Waals surface area contributed by atoms with E-state index in [0.29, 0.717) is 33.9 Å². The van der Waals surface area contributed by atoms with Crippen LogP contribution in [0.5, 0.6) is 17.2 Å². The zero-order valence-electron chi connectivity index (χ0n) is 15.4. The minimum atomic E-state index is -0.265. The predicted molar refractivity (Wildman–Crippen MR) is 100 cm³/mol. The summed E-state index contributed by atoms with van der Waals surface area (Å²) in [5, 5.41) is 8.63. The van der Waals surface area contributed by atoms with E-state index in [4.69, 9.17) is 18.6 Å². The number of ether oxygens (including phenoxy) is 3. The average Bonchev–Trinajstić information content (AvgIpc) is 3.15. The molecule has 0 aliphatic heterocycles. The van der Waals surface area contributed by atoms with Crippen LogP contribution in [0.1, 0.15) is 17.7 Å². The van der Waals surface area contributed by atoms with E-state index < -0.39 is 0 Å². The zero-order chi connectivity index (χ0) is 19.4. The van der Waals surface area contributed by atoms with Crippen molar-refractivity contribution in [2.24, 2.45) is 0 Å². The number of nitrogens with zero attached hydrogens (tertiary/aromatic N) is 2. The zero-order valence-corrected chi connectivity index (χ0v) is 16.2. The van der Waals surface area contributed by atoms with Crippen molar-refractivity contribution in [1.29, 1.82) is 0 Å². The maximum absolute atomic E-state index is 13.1. The molecule has 0 saturated carbocycles. The Labute approximate surface area is 160 Å². The van der Waals surface area contributed by atoms with Crippen LogP contribution in [0, 0.1) is 5.82 Å². The Morgan fingerprint density at radius 2 is 1.59 bits per heavy atom. The molecule has 0 amide bonds. The molecule has 2 aromatic carbocycles. The number of hydrogen-bond donors (Lipinski definition) is 0. The molecule has 8 heteroatoms. The second-order valence-corrected chi connectivity index (χ2v) is 6.89. The van der Waals surface area contributed by atoms with Crippen molar-refractivity contribution in [2.45, 2.75) is 17.4 Å². The summed E-state index contributed by atoms with van der Waals surface area (Å²) in [6.45, 7) is 1.99. The first-order valence-corrected chi connectivity index (χ1v) is 8.99. The summed E-state index contributed by atoms with van der Waals surface area (Å²) < 4.78 is 34.9. The van der Waals surface area contributed by atoms with Crippen LogP contribution in [0.25, 0.3) is 11.5 Å². The predicted octanol–water partition coefficient (Wildman–Crippen LogP) is 4.75. The number of hydrogen-bond acceptors (Lipinski definition) is 7. The fourth-order valence-corrected chi connectivity index (χ4v) is 3.34. The fourth-order valence-electron chi connectivity index (χ4n) is 2.53. The minimum Gasteiger partial charge on any atom is -0.493 e. The van der Waals surface area contributed by atoms with E-state index in [1.54, 1.807) is 45.6 Å². The molecule has 6 nitrogen and oxygen atoms in total. The molecule has 0 radical (unpaired) electrons. The highest BCUT2D eigenvalue weighted by atomic mass is 32.2. The summed E-state index contributed by atoms with van der Waals surface area (Å²) in [6, 6.07) is 9.83. The summed E-state index contributed by atoms with van der Waals surface area (Å²) in [4.78, 5) is 0. The van der Waals surface area contributed by atoms with E-state index >= 15 is 0 Å². The molecule has 3 rings (SSSR count). The number of aromatic nitrogens is 2. The second-order valence-electron chi connectivity index (χ2n) is 5.60. The lowest BCUT2D eigenvalue weighted by Crippen LogP contribution is -1.95. The smallest absolute Gasteiger partial charge is 0.277 e. The van der Waals surface area contributed by atoms with Crippen molar-refractivity contribution in [3.8, 4) is 28.7 Å². The summed E-state index contributed by atoms with van der Waals surface area (Å²) in [6.07, 6.45) is 0. The van der Waals surface area contributed by atoms with Gasteiger partial charge in [-0.1, -0.05) is 23.9 Å². The number of methoxy groups -OCH3 is 3. The molecule has 142 valence electrons. The number of rotatable bonds is 7. The highest BCUT2D eigenvalue weighted by Gasteiger charge is 2.19. The van der Waals surface area contributed by atoms with Crippen molar-refractivity contribution >= 4 is 11.8 Å². The summed E-state index contributed by atoms with van der Waals surface area (Å²) in [5.41, 5.74) is 1.62. The van der Waals surface area contributed by atoms with Crippen LogP contribution in [0.2, 0.25) is 0 Å². The quantitative estimate of drug-likeness (QED) is 0.539. The highest BCUT2D eigenvalue weighted by molar-refractivity contribution is 7.99. The third kappa shape index (κ3) is 4.16. The van der Waals surface area contributed by atoms with E-state index in [1.165, 1.54) is 23.9 Å². The summed E-state index contributed by atoms with van der Waals surface area (Å²) >= 11 is 1.40. The van der Waals surface area contributed by atoms with Gasteiger partial charge in [0.15, 0.2) is 11.5 Å². The van der Waals surface area contributed by atoms with Gasteiger partial charge in [-0.05, 0) is 36.8 Å². The van der Waals surface area contributed by atoms with E-state index in [0.717, 1.165) is 5.56 Å². The van der Waals surface area contributed by atoms with Crippen molar-refractivity contribution in [3.05, 3.63) is 47.8 Å². The molecule has 1 unspecified atom stereocenters. The number of halogens is 1. The number of benzene rings is 2.